The van der Waals surface area contributed by atoms with E-state index in [0.717, 1.165) is 18.5 Å². The van der Waals surface area contributed by atoms with Crippen LogP contribution in [-0.4, -0.2) is 42.7 Å². The fourth-order valence-electron chi connectivity index (χ4n) is 3.65. The van der Waals surface area contributed by atoms with Gasteiger partial charge in [-0.2, -0.15) is 10.5 Å². The predicted molar refractivity (Wildman–Crippen MR) is 107 cm³/mol. The molecule has 0 saturated carbocycles. The summed E-state index contributed by atoms with van der Waals surface area (Å²) in [6, 6.07) is 7.58. The second kappa shape index (κ2) is 9.09. The van der Waals surface area contributed by atoms with Crippen molar-refractivity contribution in [3.63, 3.8) is 0 Å². The number of ether oxygens (including phenoxy) is 2. The first-order valence-corrected chi connectivity index (χ1v) is 9.96. The largest absolute Gasteiger partial charge is 0.488 e. The zero-order chi connectivity index (χ0) is 21.8. The summed E-state index contributed by atoms with van der Waals surface area (Å²) in [4.78, 5) is 16.5. The molecule has 0 bridgehead atoms. The Bertz CT molecular complexity index is 1080. The van der Waals surface area contributed by atoms with Crippen LogP contribution in [0.25, 0.3) is 11.1 Å². The van der Waals surface area contributed by atoms with Crippen molar-refractivity contribution < 1.29 is 18.7 Å². The maximum atomic E-state index is 14.9. The molecule has 2 N–H and O–H groups in total. The van der Waals surface area contributed by atoms with Crippen molar-refractivity contribution in [1.29, 1.82) is 10.5 Å². The summed E-state index contributed by atoms with van der Waals surface area (Å²) in [5.74, 6) is -0.444. The lowest BCUT2D eigenvalue weighted by atomic mass is 9.95. The Labute approximate surface area is 178 Å². The summed E-state index contributed by atoms with van der Waals surface area (Å²) in [6.45, 7) is 1.83. The van der Waals surface area contributed by atoms with E-state index in [1.807, 2.05) is 12.1 Å². The molecule has 1 aromatic heterocycles. The molecule has 1 fully saturated rings. The van der Waals surface area contributed by atoms with Crippen LogP contribution < -0.4 is 15.4 Å². The van der Waals surface area contributed by atoms with Crippen LogP contribution >= 0.6 is 0 Å². The van der Waals surface area contributed by atoms with Gasteiger partial charge in [0.05, 0.1) is 6.07 Å². The Hall–Kier alpha value is -3.53. The van der Waals surface area contributed by atoms with E-state index in [9.17, 15) is 14.4 Å². The molecule has 1 saturated heterocycles. The third-order valence-corrected chi connectivity index (χ3v) is 5.26. The Balaban J connectivity index is 1.52. The lowest BCUT2D eigenvalue weighted by Crippen LogP contribution is -2.46. The van der Waals surface area contributed by atoms with Crippen LogP contribution in [0.1, 0.15) is 23.2 Å². The van der Waals surface area contributed by atoms with E-state index in [0.29, 0.717) is 30.0 Å². The van der Waals surface area contributed by atoms with Gasteiger partial charge in [0.15, 0.2) is 0 Å². The normalized spacial score (nSPS) is 18.2. The Kier molecular flexibility index (Phi) is 6.08. The van der Waals surface area contributed by atoms with E-state index in [2.05, 4.69) is 15.6 Å². The van der Waals surface area contributed by atoms with Gasteiger partial charge in [0.2, 0.25) is 0 Å². The van der Waals surface area contributed by atoms with Gasteiger partial charge in [-0.3, -0.25) is 4.79 Å². The SMILES string of the molecule is N#Cc1cc2c(cn1)-c1cc(F)c(C[C@H](C#N)NC(=O)[C@@H]3CNCCCO3)cc1OC2. The van der Waals surface area contributed by atoms with Crippen LogP contribution in [0.15, 0.2) is 24.4 Å². The molecule has 8 nitrogen and oxygen atoms in total. The predicted octanol–water partition coefficient (Wildman–Crippen LogP) is 1.58. The van der Waals surface area contributed by atoms with Gasteiger partial charge in [-0.15, -0.1) is 0 Å². The van der Waals surface area contributed by atoms with Crippen molar-refractivity contribution in [3.8, 4) is 29.0 Å². The van der Waals surface area contributed by atoms with Crippen molar-refractivity contribution in [2.45, 2.75) is 31.6 Å². The van der Waals surface area contributed by atoms with E-state index >= 15 is 0 Å². The zero-order valence-electron chi connectivity index (χ0n) is 16.7. The van der Waals surface area contributed by atoms with Gasteiger partial charge in [0.1, 0.15) is 42.1 Å². The number of carbonyl (C=O) groups excluding carboxylic acids is 1. The van der Waals surface area contributed by atoms with Gasteiger partial charge < -0.3 is 20.1 Å². The molecule has 4 rings (SSSR count). The molecule has 1 amide bonds. The first-order chi connectivity index (χ1) is 15.1. The highest BCUT2D eigenvalue weighted by Gasteiger charge is 2.26. The number of nitriles is 2. The standard InChI is InChI=1S/C22H20FN5O3/c23-19-7-17-18-10-27-15(8-24)5-14(18)12-31-20(17)6-13(19)4-16(9-25)28-22(29)21-11-26-2-1-3-30-21/h5-7,10,16,21,26H,1-4,11-12H2,(H,28,29)/t16-,21+/m1/s1. The molecule has 1 aromatic carbocycles. The molecule has 0 aliphatic carbocycles. The summed E-state index contributed by atoms with van der Waals surface area (Å²) in [5.41, 5.74) is 2.52. The van der Waals surface area contributed by atoms with Crippen LogP contribution in [0.2, 0.25) is 0 Å². The number of nitrogens with zero attached hydrogens (tertiary/aromatic N) is 3. The Morgan fingerprint density at radius 1 is 1.35 bits per heavy atom. The van der Waals surface area contributed by atoms with Crippen LogP contribution in [0.4, 0.5) is 4.39 Å². The summed E-state index contributed by atoms with van der Waals surface area (Å²) in [6.07, 6.45) is 1.65. The molecule has 31 heavy (non-hydrogen) atoms. The maximum Gasteiger partial charge on any atom is 0.251 e. The molecular weight excluding hydrogens is 401 g/mol. The van der Waals surface area contributed by atoms with Crippen LogP contribution in [0.5, 0.6) is 5.75 Å². The number of rotatable bonds is 4. The van der Waals surface area contributed by atoms with Crippen molar-refractivity contribution in [2.75, 3.05) is 19.7 Å². The molecule has 2 aromatic rings. The summed E-state index contributed by atoms with van der Waals surface area (Å²) in [5, 5.41) is 24.2. The Morgan fingerprint density at radius 2 is 2.23 bits per heavy atom. The van der Waals surface area contributed by atoms with E-state index in [1.165, 1.54) is 12.3 Å². The maximum absolute atomic E-state index is 14.9. The number of halogens is 1. The molecule has 0 spiro atoms. The highest BCUT2D eigenvalue weighted by molar-refractivity contribution is 5.81. The second-order valence-corrected chi connectivity index (χ2v) is 7.38. The number of hydrogen-bond acceptors (Lipinski definition) is 7. The van der Waals surface area contributed by atoms with E-state index < -0.39 is 23.9 Å². The minimum Gasteiger partial charge on any atom is -0.488 e. The minimum atomic E-state index is -0.914. The van der Waals surface area contributed by atoms with E-state index in [1.54, 1.807) is 12.1 Å². The highest BCUT2D eigenvalue weighted by atomic mass is 19.1. The quantitative estimate of drug-likeness (QED) is 0.769. The van der Waals surface area contributed by atoms with Gasteiger partial charge in [-0.05, 0) is 36.7 Å². The fraction of sp³-hybridized carbons (Fsp3) is 0.364. The molecule has 2 aliphatic heterocycles. The Morgan fingerprint density at radius 3 is 3.03 bits per heavy atom. The van der Waals surface area contributed by atoms with Gasteiger partial charge in [0.25, 0.3) is 5.91 Å². The van der Waals surface area contributed by atoms with Gasteiger partial charge in [-0.25, -0.2) is 9.37 Å². The molecule has 158 valence electrons. The molecule has 9 heteroatoms. The molecule has 0 unspecified atom stereocenters. The molecule has 2 atom stereocenters. The first kappa shape index (κ1) is 20.7. The van der Waals surface area contributed by atoms with Gasteiger partial charge >= 0.3 is 0 Å². The number of fused-ring (bicyclic) bond motifs is 3. The van der Waals surface area contributed by atoms with Gasteiger partial charge in [-0.1, -0.05) is 0 Å². The second-order valence-electron chi connectivity index (χ2n) is 7.38. The van der Waals surface area contributed by atoms with Crippen molar-refractivity contribution in [1.82, 2.24) is 15.6 Å². The summed E-state index contributed by atoms with van der Waals surface area (Å²) < 4.78 is 26.1. The van der Waals surface area contributed by atoms with Crippen LogP contribution in [0, 0.1) is 28.5 Å². The average Bonchev–Trinajstić information content (AvgIpc) is 3.08. The number of benzene rings is 1. The molecule has 0 radical (unpaired) electrons. The first-order valence-electron chi connectivity index (χ1n) is 9.96. The van der Waals surface area contributed by atoms with Crippen LogP contribution in [0.3, 0.4) is 0 Å². The summed E-state index contributed by atoms with van der Waals surface area (Å²) >= 11 is 0. The lowest BCUT2D eigenvalue weighted by Gasteiger charge is -2.22. The van der Waals surface area contributed by atoms with Gasteiger partial charge in [0, 0.05) is 42.5 Å². The number of hydrogen-bond donors (Lipinski definition) is 2. The third kappa shape index (κ3) is 4.48. The number of pyridine rings is 1. The van der Waals surface area contributed by atoms with Crippen molar-refractivity contribution >= 4 is 5.91 Å². The summed E-state index contributed by atoms with van der Waals surface area (Å²) in [7, 11) is 0. The molecule has 2 aliphatic rings. The highest BCUT2D eigenvalue weighted by Crippen LogP contribution is 2.39. The minimum absolute atomic E-state index is 0.0106. The topological polar surface area (TPSA) is 120 Å². The number of carbonyl (C=O) groups is 1. The number of aromatic nitrogens is 1. The van der Waals surface area contributed by atoms with Crippen LogP contribution in [-0.2, 0) is 22.6 Å². The molecular formula is C22H20FN5O3. The third-order valence-electron chi connectivity index (χ3n) is 5.26. The molecule has 3 heterocycles. The van der Waals surface area contributed by atoms with Crippen molar-refractivity contribution in [3.05, 3.63) is 47.0 Å². The van der Waals surface area contributed by atoms with E-state index in [-0.39, 0.29) is 24.3 Å². The number of nitrogens with one attached hydrogen (secondary N) is 2. The average molecular weight is 421 g/mol. The lowest BCUT2D eigenvalue weighted by molar-refractivity contribution is -0.132. The zero-order valence-corrected chi connectivity index (χ0v) is 16.7. The van der Waals surface area contributed by atoms with E-state index in [4.69, 9.17) is 14.7 Å². The number of amides is 1. The monoisotopic (exact) mass is 421 g/mol. The smallest absolute Gasteiger partial charge is 0.251 e. The van der Waals surface area contributed by atoms with Crippen molar-refractivity contribution in [2.24, 2.45) is 0 Å². The fourth-order valence-corrected chi connectivity index (χ4v) is 3.65.